The molecule has 0 aromatic heterocycles. The summed E-state index contributed by atoms with van der Waals surface area (Å²) in [6, 6.07) is 5.73. The first-order valence-electron chi connectivity index (χ1n) is 7.32. The normalized spacial score (nSPS) is 26.8. The number of rotatable bonds is 2. The van der Waals surface area contributed by atoms with Gasteiger partial charge in [0.2, 0.25) is 0 Å². The molecule has 1 aromatic carbocycles. The smallest absolute Gasteiger partial charge is 0.187 e. The lowest BCUT2D eigenvalue weighted by Crippen LogP contribution is -2.45. The highest BCUT2D eigenvalue weighted by molar-refractivity contribution is 5.62. The Morgan fingerprint density at radius 1 is 1.14 bits per heavy atom. The van der Waals surface area contributed by atoms with Crippen molar-refractivity contribution in [3.63, 3.8) is 0 Å². The van der Waals surface area contributed by atoms with Gasteiger partial charge in [-0.15, -0.1) is 0 Å². The first kappa shape index (κ1) is 14.3. The monoisotopic (exact) mass is 288 g/mol. The van der Waals surface area contributed by atoms with Gasteiger partial charge in [0.1, 0.15) is 0 Å². The summed E-state index contributed by atoms with van der Waals surface area (Å²) in [6.45, 7) is 14.2. The van der Waals surface area contributed by atoms with E-state index < -0.39 is 0 Å². The third kappa shape index (κ3) is 3.03. The Labute approximate surface area is 125 Å². The van der Waals surface area contributed by atoms with Gasteiger partial charge in [-0.3, -0.25) is 0 Å². The molecule has 21 heavy (non-hydrogen) atoms. The Kier molecular flexibility index (Phi) is 4.11. The van der Waals surface area contributed by atoms with Crippen LogP contribution in [0.4, 0.5) is 11.4 Å². The summed E-state index contributed by atoms with van der Waals surface area (Å²) >= 11 is 0. The average molecular weight is 288 g/mol. The van der Waals surface area contributed by atoms with Crippen molar-refractivity contribution in [2.75, 3.05) is 31.2 Å². The lowest BCUT2D eigenvalue weighted by Gasteiger charge is -2.38. The topological polar surface area (TPSA) is 35.3 Å². The molecule has 2 saturated heterocycles. The van der Waals surface area contributed by atoms with Crippen LogP contribution in [-0.4, -0.2) is 38.5 Å². The van der Waals surface area contributed by atoms with Crippen LogP contribution in [0.25, 0.3) is 4.85 Å². The fraction of sp³-hybridized carbons (Fsp3) is 0.562. The average Bonchev–Trinajstić information content (AvgIpc) is 2.99. The zero-order valence-electron chi connectivity index (χ0n) is 12.4. The van der Waals surface area contributed by atoms with Gasteiger partial charge in [-0.2, -0.15) is 0 Å². The van der Waals surface area contributed by atoms with E-state index in [0.29, 0.717) is 18.9 Å². The summed E-state index contributed by atoms with van der Waals surface area (Å²) in [5, 5.41) is 0. The van der Waals surface area contributed by atoms with Crippen molar-refractivity contribution < 1.29 is 14.2 Å². The van der Waals surface area contributed by atoms with Gasteiger partial charge in [0.25, 0.3) is 0 Å². The molecular weight excluding hydrogens is 268 g/mol. The largest absolute Gasteiger partial charge is 0.372 e. The van der Waals surface area contributed by atoms with Gasteiger partial charge in [-0.1, -0.05) is 6.07 Å². The molecule has 0 saturated carbocycles. The molecule has 0 unspecified atom stereocenters. The SMILES string of the molecule is [C-]#[N+]c1ccc(N2C[C@@H](C)O[C@@H](C)C2)c(C2OCCO2)c1. The first-order valence-corrected chi connectivity index (χ1v) is 7.32. The van der Waals surface area contributed by atoms with Gasteiger partial charge < -0.3 is 19.1 Å². The molecule has 112 valence electrons. The molecule has 5 nitrogen and oxygen atoms in total. The Hall–Kier alpha value is -1.61. The van der Waals surface area contributed by atoms with Crippen molar-refractivity contribution in [1.29, 1.82) is 0 Å². The minimum atomic E-state index is -0.366. The minimum Gasteiger partial charge on any atom is -0.372 e. The highest BCUT2D eigenvalue weighted by atomic mass is 16.7. The van der Waals surface area contributed by atoms with E-state index in [1.54, 1.807) is 0 Å². The number of nitrogens with zero attached hydrogens (tertiary/aromatic N) is 2. The second-order valence-electron chi connectivity index (χ2n) is 5.59. The van der Waals surface area contributed by atoms with Crippen molar-refractivity contribution in [1.82, 2.24) is 0 Å². The second-order valence-corrected chi connectivity index (χ2v) is 5.59. The molecule has 2 aliphatic heterocycles. The fourth-order valence-electron chi connectivity index (χ4n) is 3.00. The molecule has 2 aliphatic rings. The van der Waals surface area contributed by atoms with Crippen molar-refractivity contribution in [3.05, 3.63) is 35.2 Å². The van der Waals surface area contributed by atoms with E-state index in [2.05, 4.69) is 23.6 Å². The molecule has 2 atom stereocenters. The fourth-order valence-corrected chi connectivity index (χ4v) is 3.00. The van der Waals surface area contributed by atoms with Crippen molar-refractivity contribution in [2.45, 2.75) is 32.3 Å². The van der Waals surface area contributed by atoms with Gasteiger partial charge in [-0.25, -0.2) is 4.85 Å². The van der Waals surface area contributed by atoms with Gasteiger partial charge in [-0.05, 0) is 26.0 Å². The van der Waals surface area contributed by atoms with Crippen LogP contribution in [0.2, 0.25) is 0 Å². The van der Waals surface area contributed by atoms with E-state index in [-0.39, 0.29) is 18.5 Å². The maximum absolute atomic E-state index is 7.20. The summed E-state index contributed by atoms with van der Waals surface area (Å²) in [5.41, 5.74) is 2.64. The third-order valence-corrected chi connectivity index (χ3v) is 3.78. The van der Waals surface area contributed by atoms with Crippen LogP contribution in [0, 0.1) is 6.57 Å². The molecule has 0 spiro atoms. The lowest BCUT2D eigenvalue weighted by atomic mass is 10.1. The quantitative estimate of drug-likeness (QED) is 0.784. The van der Waals surface area contributed by atoms with Gasteiger partial charge in [0.15, 0.2) is 12.0 Å². The van der Waals surface area contributed by atoms with Crippen LogP contribution in [-0.2, 0) is 14.2 Å². The Bertz CT molecular complexity index is 539. The molecule has 0 amide bonds. The predicted octanol–water partition coefficient (Wildman–Crippen LogP) is 2.90. The number of morpholine rings is 1. The third-order valence-electron chi connectivity index (χ3n) is 3.78. The van der Waals surface area contributed by atoms with E-state index in [4.69, 9.17) is 20.8 Å². The van der Waals surface area contributed by atoms with Crippen LogP contribution >= 0.6 is 0 Å². The van der Waals surface area contributed by atoms with E-state index in [1.807, 2.05) is 18.2 Å². The molecule has 0 bridgehead atoms. The van der Waals surface area contributed by atoms with Gasteiger partial charge in [0.05, 0.1) is 32.0 Å². The Balaban J connectivity index is 1.95. The Morgan fingerprint density at radius 2 is 1.81 bits per heavy atom. The molecular formula is C16H20N2O3. The highest BCUT2D eigenvalue weighted by Crippen LogP contribution is 2.36. The van der Waals surface area contributed by atoms with Gasteiger partial charge >= 0.3 is 0 Å². The number of hydrogen-bond donors (Lipinski definition) is 0. The molecule has 0 radical (unpaired) electrons. The van der Waals surface area contributed by atoms with Crippen LogP contribution in [0.5, 0.6) is 0 Å². The summed E-state index contributed by atoms with van der Waals surface area (Å²) in [6.07, 6.45) is 0.00950. The van der Waals surface area contributed by atoms with Crippen molar-refractivity contribution in [2.24, 2.45) is 0 Å². The van der Waals surface area contributed by atoms with Crippen LogP contribution < -0.4 is 4.90 Å². The van der Waals surface area contributed by atoms with Crippen molar-refractivity contribution >= 4 is 11.4 Å². The zero-order chi connectivity index (χ0) is 14.8. The van der Waals surface area contributed by atoms with E-state index in [1.165, 1.54) is 0 Å². The van der Waals surface area contributed by atoms with Crippen LogP contribution in [0.1, 0.15) is 25.7 Å². The summed E-state index contributed by atoms with van der Waals surface area (Å²) in [7, 11) is 0. The number of anilines is 1. The van der Waals surface area contributed by atoms with E-state index in [0.717, 1.165) is 24.3 Å². The predicted molar refractivity (Wildman–Crippen MR) is 79.6 cm³/mol. The summed E-state index contributed by atoms with van der Waals surface area (Å²) < 4.78 is 17.1. The molecule has 2 heterocycles. The van der Waals surface area contributed by atoms with Crippen molar-refractivity contribution in [3.8, 4) is 0 Å². The van der Waals surface area contributed by atoms with E-state index in [9.17, 15) is 0 Å². The number of benzene rings is 1. The second kappa shape index (κ2) is 6.02. The summed E-state index contributed by atoms with van der Waals surface area (Å²) in [5.74, 6) is 0. The first-order chi connectivity index (χ1) is 10.2. The molecule has 2 fully saturated rings. The molecule has 0 aliphatic carbocycles. The maximum Gasteiger partial charge on any atom is 0.187 e. The highest BCUT2D eigenvalue weighted by Gasteiger charge is 2.28. The number of hydrogen-bond acceptors (Lipinski definition) is 4. The maximum atomic E-state index is 7.20. The van der Waals surface area contributed by atoms with Crippen LogP contribution in [0.3, 0.4) is 0 Å². The van der Waals surface area contributed by atoms with Crippen LogP contribution in [0.15, 0.2) is 18.2 Å². The molecule has 1 aromatic rings. The molecule has 5 heteroatoms. The van der Waals surface area contributed by atoms with Gasteiger partial charge in [0, 0.05) is 24.3 Å². The molecule has 3 rings (SSSR count). The Morgan fingerprint density at radius 3 is 2.43 bits per heavy atom. The lowest BCUT2D eigenvalue weighted by molar-refractivity contribution is -0.0443. The zero-order valence-corrected chi connectivity index (χ0v) is 12.4. The molecule has 0 N–H and O–H groups in total. The standard InChI is InChI=1S/C16H20N2O3/c1-11-9-18(10-12(2)21-11)15-5-4-13(17-3)8-14(15)16-19-6-7-20-16/h4-5,8,11-12,16H,6-7,9-10H2,1-2H3/t11-,12+. The van der Waals surface area contributed by atoms with E-state index >= 15 is 0 Å². The minimum absolute atomic E-state index is 0.188. The summed E-state index contributed by atoms with van der Waals surface area (Å²) in [4.78, 5) is 5.81. The number of ether oxygens (including phenoxy) is 3.